The van der Waals surface area contributed by atoms with E-state index in [1.807, 2.05) is 0 Å². The molecule has 0 aromatic heterocycles. The van der Waals surface area contributed by atoms with Crippen LogP contribution < -0.4 is 14.4 Å². The highest BCUT2D eigenvalue weighted by molar-refractivity contribution is 8.15. The molecule has 154 valence electrons. The van der Waals surface area contributed by atoms with Crippen molar-refractivity contribution in [3.05, 3.63) is 47.5 Å². The molecule has 0 radical (unpaired) electrons. The maximum absolute atomic E-state index is 12.6. The number of sulfone groups is 1. The molecule has 10 heteroatoms. The lowest BCUT2D eigenvalue weighted by Gasteiger charge is -2.24. The zero-order valence-corrected chi connectivity index (χ0v) is 17.9. The highest BCUT2D eigenvalue weighted by Gasteiger charge is 2.38. The summed E-state index contributed by atoms with van der Waals surface area (Å²) < 4.78 is 34.2. The van der Waals surface area contributed by atoms with Gasteiger partial charge < -0.3 is 9.47 Å². The van der Waals surface area contributed by atoms with Gasteiger partial charge in [-0.2, -0.15) is 4.99 Å². The minimum absolute atomic E-state index is 0.0295. The minimum atomic E-state index is -3.37. The summed E-state index contributed by atoms with van der Waals surface area (Å²) in [5.74, 6) is 0.487. The van der Waals surface area contributed by atoms with E-state index in [1.165, 1.54) is 26.4 Å². The summed E-state index contributed by atoms with van der Waals surface area (Å²) in [6.07, 6.45) is 2.70. The Morgan fingerprint density at radius 1 is 1.10 bits per heavy atom. The number of rotatable bonds is 4. The van der Waals surface area contributed by atoms with Crippen LogP contribution in [0.25, 0.3) is 6.08 Å². The number of nitrogens with one attached hydrogen (secondary N) is 1. The average Bonchev–Trinajstić information content (AvgIpc) is 3.07. The maximum Gasteiger partial charge on any atom is 0.283 e. The number of aliphatic imine (C=N–C) groups is 1. The number of benzene rings is 2. The van der Waals surface area contributed by atoms with E-state index < -0.39 is 15.7 Å². The normalized spacial score (nSPS) is 17.0. The number of carbonyl (C=O) groups is 1. The van der Waals surface area contributed by atoms with E-state index in [2.05, 4.69) is 4.99 Å². The molecule has 0 fully saturated rings. The summed E-state index contributed by atoms with van der Waals surface area (Å²) in [5, 5.41) is 8.93. The van der Waals surface area contributed by atoms with E-state index in [-0.39, 0.29) is 16.3 Å². The molecule has 30 heavy (non-hydrogen) atoms. The van der Waals surface area contributed by atoms with Crippen LogP contribution in [0, 0.1) is 5.41 Å². The molecule has 4 rings (SSSR count). The van der Waals surface area contributed by atoms with Gasteiger partial charge in [0.15, 0.2) is 26.5 Å². The van der Waals surface area contributed by atoms with Crippen molar-refractivity contribution in [1.82, 2.24) is 0 Å². The van der Waals surface area contributed by atoms with Crippen LogP contribution in [0.4, 0.5) is 5.69 Å². The number of thioether (sulfide) groups is 1. The van der Waals surface area contributed by atoms with E-state index in [0.717, 1.165) is 18.0 Å². The van der Waals surface area contributed by atoms with E-state index in [0.29, 0.717) is 32.8 Å². The third-order valence-corrected chi connectivity index (χ3v) is 6.73. The Labute approximate surface area is 177 Å². The second-order valence-electron chi connectivity index (χ2n) is 6.56. The Kier molecular flexibility index (Phi) is 4.91. The van der Waals surface area contributed by atoms with Crippen molar-refractivity contribution >= 4 is 50.3 Å². The summed E-state index contributed by atoms with van der Waals surface area (Å²) >= 11 is 1.16. The number of amides is 1. The lowest BCUT2D eigenvalue weighted by atomic mass is 10.1. The summed E-state index contributed by atoms with van der Waals surface area (Å²) in [7, 11) is -0.323. The third kappa shape index (κ3) is 3.37. The summed E-state index contributed by atoms with van der Waals surface area (Å²) in [5.41, 5.74) is 1.38. The van der Waals surface area contributed by atoms with Gasteiger partial charge in [0, 0.05) is 11.2 Å². The van der Waals surface area contributed by atoms with Crippen LogP contribution in [0.15, 0.2) is 56.8 Å². The summed E-state index contributed by atoms with van der Waals surface area (Å²) in [4.78, 5) is 19.1. The average molecular weight is 444 g/mol. The molecule has 2 aliphatic rings. The minimum Gasteiger partial charge on any atom is -0.493 e. The molecule has 2 aromatic carbocycles. The zero-order valence-electron chi connectivity index (χ0n) is 16.3. The van der Waals surface area contributed by atoms with Crippen LogP contribution in [0.3, 0.4) is 0 Å². The molecule has 2 aromatic rings. The first-order valence-corrected chi connectivity index (χ1v) is 11.4. The van der Waals surface area contributed by atoms with Gasteiger partial charge in [-0.1, -0.05) is 6.07 Å². The lowest BCUT2D eigenvalue weighted by molar-refractivity contribution is -0.113. The van der Waals surface area contributed by atoms with Crippen molar-refractivity contribution in [3.63, 3.8) is 0 Å². The molecule has 8 nitrogen and oxygen atoms in total. The number of hydrogen-bond acceptors (Lipinski definition) is 7. The first kappa shape index (κ1) is 20.2. The molecule has 0 bridgehead atoms. The van der Waals surface area contributed by atoms with Crippen LogP contribution in [-0.2, 0) is 14.6 Å². The van der Waals surface area contributed by atoms with Gasteiger partial charge in [0.2, 0.25) is 0 Å². The van der Waals surface area contributed by atoms with E-state index in [9.17, 15) is 13.2 Å². The van der Waals surface area contributed by atoms with Gasteiger partial charge >= 0.3 is 0 Å². The molecule has 1 amide bonds. The SMILES string of the molecule is COc1ccc(C=C2C(=N)N3C(=NC2=O)Sc2cc(S(C)(=O)=O)ccc23)cc1OC. The first-order valence-electron chi connectivity index (χ1n) is 8.70. The molecule has 0 saturated heterocycles. The van der Waals surface area contributed by atoms with Crippen LogP contribution in [-0.4, -0.2) is 45.8 Å². The molecule has 1 N–H and O–H groups in total. The number of carbonyl (C=O) groups excluding carboxylic acids is 1. The molecule has 0 saturated carbocycles. The van der Waals surface area contributed by atoms with Gasteiger partial charge in [-0.15, -0.1) is 0 Å². The lowest BCUT2D eigenvalue weighted by Crippen LogP contribution is -2.39. The maximum atomic E-state index is 12.6. The van der Waals surface area contributed by atoms with Gasteiger partial charge in [0.05, 0.1) is 30.4 Å². The van der Waals surface area contributed by atoms with Crippen LogP contribution in [0.2, 0.25) is 0 Å². The third-order valence-electron chi connectivity index (χ3n) is 4.62. The van der Waals surface area contributed by atoms with Crippen molar-refractivity contribution in [3.8, 4) is 11.5 Å². The fraction of sp³-hybridized carbons (Fsp3) is 0.150. The number of amidine groups is 2. The van der Waals surface area contributed by atoms with Gasteiger partial charge in [0.25, 0.3) is 5.91 Å². The summed E-state index contributed by atoms with van der Waals surface area (Å²) in [6, 6.07) is 9.81. The Morgan fingerprint density at radius 3 is 2.50 bits per heavy atom. The number of methoxy groups -OCH3 is 2. The molecular formula is C20H17N3O5S2. The van der Waals surface area contributed by atoms with Crippen molar-refractivity contribution in [2.24, 2.45) is 4.99 Å². The fourth-order valence-electron chi connectivity index (χ4n) is 3.14. The Hall–Kier alpha value is -3.11. The van der Waals surface area contributed by atoms with Gasteiger partial charge in [-0.3, -0.25) is 15.1 Å². The summed E-state index contributed by atoms with van der Waals surface area (Å²) in [6.45, 7) is 0. The van der Waals surface area contributed by atoms with Crippen molar-refractivity contribution in [1.29, 1.82) is 5.41 Å². The van der Waals surface area contributed by atoms with Crippen molar-refractivity contribution in [2.45, 2.75) is 9.79 Å². The number of fused-ring (bicyclic) bond motifs is 3. The van der Waals surface area contributed by atoms with Crippen molar-refractivity contribution in [2.75, 3.05) is 25.4 Å². The van der Waals surface area contributed by atoms with Gasteiger partial charge in [-0.25, -0.2) is 8.42 Å². The highest BCUT2D eigenvalue weighted by Crippen LogP contribution is 2.44. The van der Waals surface area contributed by atoms with Crippen molar-refractivity contribution < 1.29 is 22.7 Å². The van der Waals surface area contributed by atoms with Gasteiger partial charge in [0.1, 0.15) is 5.84 Å². The molecule has 0 aliphatic carbocycles. The molecule has 0 atom stereocenters. The predicted octanol–water partition coefficient (Wildman–Crippen LogP) is 2.98. The molecule has 2 heterocycles. The van der Waals surface area contributed by atoms with Gasteiger partial charge in [-0.05, 0) is 53.7 Å². The largest absolute Gasteiger partial charge is 0.493 e. The molecular weight excluding hydrogens is 426 g/mol. The quantitative estimate of drug-likeness (QED) is 0.724. The smallest absolute Gasteiger partial charge is 0.283 e. The Bertz CT molecular complexity index is 1270. The van der Waals surface area contributed by atoms with Crippen LogP contribution >= 0.6 is 11.8 Å². The second-order valence-corrected chi connectivity index (χ2v) is 9.58. The molecule has 0 spiro atoms. The fourth-order valence-corrected chi connectivity index (χ4v) is 4.91. The first-order chi connectivity index (χ1) is 14.2. The standard InChI is InChI=1S/C20H17N3O5S2/c1-27-15-7-4-11(9-16(15)28-2)8-13-18(21)23-14-6-5-12(30(3,25)26)10-17(14)29-20(23)22-19(13)24/h4-10,21H,1-3H3. The Morgan fingerprint density at radius 2 is 1.83 bits per heavy atom. The molecule has 0 unspecified atom stereocenters. The van der Waals surface area contributed by atoms with E-state index in [1.54, 1.807) is 35.2 Å². The zero-order chi connectivity index (χ0) is 21.6. The highest BCUT2D eigenvalue weighted by atomic mass is 32.2. The topological polar surface area (TPSA) is 109 Å². The van der Waals surface area contributed by atoms with E-state index >= 15 is 0 Å². The van der Waals surface area contributed by atoms with Crippen LogP contribution in [0.1, 0.15) is 5.56 Å². The number of hydrogen-bond donors (Lipinski definition) is 1. The van der Waals surface area contributed by atoms with Crippen LogP contribution in [0.5, 0.6) is 11.5 Å². The Balaban J connectivity index is 1.75. The monoisotopic (exact) mass is 443 g/mol. The number of ether oxygens (including phenoxy) is 2. The number of nitrogens with zero attached hydrogens (tertiary/aromatic N) is 2. The molecule has 2 aliphatic heterocycles. The number of anilines is 1. The second kappa shape index (κ2) is 7.29. The predicted molar refractivity (Wildman–Crippen MR) is 116 cm³/mol. The van der Waals surface area contributed by atoms with E-state index in [4.69, 9.17) is 14.9 Å².